The molecular weight excluding hydrogens is 332 g/mol. The monoisotopic (exact) mass is 358 g/mol. The molecule has 25 heavy (non-hydrogen) atoms. The lowest BCUT2D eigenvalue weighted by Crippen LogP contribution is -2.39. The maximum Gasteiger partial charge on any atom is 0.253 e. The summed E-state index contributed by atoms with van der Waals surface area (Å²) in [5, 5.41) is 3.26. The molecule has 134 valence electrons. The van der Waals surface area contributed by atoms with Crippen LogP contribution in [0, 0.1) is 0 Å². The van der Waals surface area contributed by atoms with E-state index in [9.17, 15) is 4.79 Å². The van der Waals surface area contributed by atoms with E-state index in [2.05, 4.69) is 5.48 Å². The van der Waals surface area contributed by atoms with Gasteiger partial charge in [-0.2, -0.15) is 0 Å². The Morgan fingerprint density at radius 2 is 1.96 bits per heavy atom. The van der Waals surface area contributed by atoms with Gasteiger partial charge in [-0.3, -0.25) is 9.63 Å². The highest BCUT2D eigenvalue weighted by Gasteiger charge is 2.29. The Balaban J connectivity index is 1.51. The van der Waals surface area contributed by atoms with Gasteiger partial charge in [-0.1, -0.05) is 49.6 Å². The van der Waals surface area contributed by atoms with Gasteiger partial charge in [-0.25, -0.2) is 10.5 Å². The van der Waals surface area contributed by atoms with Gasteiger partial charge in [-0.05, 0) is 32.3 Å². The maximum absolute atomic E-state index is 12.5. The van der Waals surface area contributed by atoms with Crippen LogP contribution in [0.15, 0.2) is 35.7 Å². The minimum absolute atomic E-state index is 0.151. The molecule has 3 rings (SSSR count). The number of thiazole rings is 1. The molecule has 0 radical (unpaired) electrons. The molecule has 0 unspecified atom stereocenters. The number of nitrogens with one attached hydrogen (secondary N) is 1. The first-order valence-corrected chi connectivity index (χ1v) is 9.87. The van der Waals surface area contributed by atoms with Crippen molar-refractivity contribution < 1.29 is 9.63 Å². The number of carbonyl (C=O) groups is 1. The molecular formula is C20H26N2O2S. The Kier molecular flexibility index (Phi) is 5.86. The van der Waals surface area contributed by atoms with Gasteiger partial charge in [0.2, 0.25) is 0 Å². The summed E-state index contributed by atoms with van der Waals surface area (Å²) in [6.07, 6.45) is 6.45. The maximum atomic E-state index is 12.5. The summed E-state index contributed by atoms with van der Waals surface area (Å²) in [5.74, 6) is 0.459. The lowest BCUT2D eigenvalue weighted by atomic mass is 9.84. The fourth-order valence-corrected chi connectivity index (χ4v) is 4.19. The number of amides is 1. The van der Waals surface area contributed by atoms with Crippen molar-refractivity contribution >= 4 is 17.2 Å². The molecule has 4 nitrogen and oxygen atoms in total. The van der Waals surface area contributed by atoms with E-state index in [1.54, 1.807) is 11.3 Å². The quantitative estimate of drug-likeness (QED) is 0.761. The number of nitrogens with zero attached hydrogens (tertiary/aromatic N) is 1. The van der Waals surface area contributed by atoms with Gasteiger partial charge in [0.25, 0.3) is 5.91 Å². The van der Waals surface area contributed by atoms with Crippen LogP contribution in [0.2, 0.25) is 0 Å². The molecule has 0 spiro atoms. The number of carbonyl (C=O) groups excluding carboxylic acids is 1. The van der Waals surface area contributed by atoms with E-state index in [0.717, 1.165) is 11.3 Å². The number of benzene rings is 1. The van der Waals surface area contributed by atoms with Crippen molar-refractivity contribution in [2.24, 2.45) is 0 Å². The Morgan fingerprint density at radius 1 is 1.24 bits per heavy atom. The summed E-state index contributed by atoms with van der Waals surface area (Å²) in [6.45, 7) is 4.09. The topological polar surface area (TPSA) is 51.2 Å². The minimum atomic E-state index is -0.642. The summed E-state index contributed by atoms with van der Waals surface area (Å²) < 4.78 is 0. The van der Waals surface area contributed by atoms with Crippen LogP contribution in [-0.4, -0.2) is 10.9 Å². The second-order valence-electron chi connectivity index (χ2n) is 7.22. The highest BCUT2D eigenvalue weighted by molar-refractivity contribution is 7.09. The van der Waals surface area contributed by atoms with Crippen LogP contribution in [0.5, 0.6) is 0 Å². The molecule has 2 aromatic rings. The van der Waals surface area contributed by atoms with Crippen molar-refractivity contribution in [3.05, 3.63) is 52.0 Å². The average molecular weight is 359 g/mol. The van der Waals surface area contributed by atoms with E-state index in [-0.39, 0.29) is 5.91 Å². The van der Waals surface area contributed by atoms with Crippen molar-refractivity contribution in [3.8, 4) is 0 Å². The summed E-state index contributed by atoms with van der Waals surface area (Å²) in [6, 6.07) is 9.73. The standard InChI is InChI=1S/C20H26N2O2S/c1-20(2,16-11-7-4-8-12-16)19(23)22-24-13-17-14-25-18(21-17)15-9-5-3-6-10-15/h4,7-8,11-12,14-15H,3,5-6,9-10,13H2,1-2H3,(H,22,23). The van der Waals surface area contributed by atoms with Gasteiger partial charge < -0.3 is 0 Å². The molecule has 1 saturated carbocycles. The fourth-order valence-electron chi connectivity index (χ4n) is 3.22. The Labute approximate surface area is 153 Å². The van der Waals surface area contributed by atoms with Gasteiger partial charge in [0.1, 0.15) is 6.61 Å². The molecule has 1 aliphatic carbocycles. The highest BCUT2D eigenvalue weighted by atomic mass is 32.1. The summed E-state index contributed by atoms with van der Waals surface area (Å²) >= 11 is 1.71. The van der Waals surface area contributed by atoms with Crippen LogP contribution in [0.25, 0.3) is 0 Å². The van der Waals surface area contributed by atoms with E-state index in [1.165, 1.54) is 37.1 Å². The molecule has 0 saturated heterocycles. The SMILES string of the molecule is CC(C)(C(=O)NOCc1csc(C2CCCCC2)n1)c1ccccc1. The second-order valence-corrected chi connectivity index (χ2v) is 8.11. The number of aromatic nitrogens is 1. The van der Waals surface area contributed by atoms with Crippen LogP contribution < -0.4 is 5.48 Å². The van der Waals surface area contributed by atoms with Gasteiger partial charge in [0.05, 0.1) is 16.1 Å². The third kappa shape index (κ3) is 4.47. The predicted octanol–water partition coefficient (Wildman–Crippen LogP) is 4.72. The van der Waals surface area contributed by atoms with E-state index >= 15 is 0 Å². The van der Waals surface area contributed by atoms with Crippen LogP contribution in [0.3, 0.4) is 0 Å². The first kappa shape index (κ1) is 18.1. The van der Waals surface area contributed by atoms with Gasteiger partial charge >= 0.3 is 0 Å². The summed E-state index contributed by atoms with van der Waals surface area (Å²) in [4.78, 5) is 22.6. The first-order valence-electron chi connectivity index (χ1n) is 8.99. The molecule has 5 heteroatoms. The van der Waals surface area contributed by atoms with Crippen molar-refractivity contribution in [1.29, 1.82) is 0 Å². The number of hydroxylamine groups is 1. The van der Waals surface area contributed by atoms with Gasteiger partial charge in [0.15, 0.2) is 0 Å². The van der Waals surface area contributed by atoms with Crippen LogP contribution >= 0.6 is 11.3 Å². The average Bonchev–Trinajstić information content (AvgIpc) is 3.12. The molecule has 0 bridgehead atoms. The van der Waals surface area contributed by atoms with Crippen LogP contribution in [0.4, 0.5) is 0 Å². The smallest absolute Gasteiger partial charge is 0.253 e. The third-order valence-electron chi connectivity index (χ3n) is 4.97. The number of rotatable bonds is 6. The molecule has 0 aliphatic heterocycles. The summed E-state index contributed by atoms with van der Waals surface area (Å²) in [5.41, 5.74) is 3.80. The van der Waals surface area contributed by atoms with Crippen LogP contribution in [-0.2, 0) is 21.7 Å². The van der Waals surface area contributed by atoms with E-state index in [1.807, 2.05) is 49.6 Å². The molecule has 1 amide bonds. The molecule has 1 N–H and O–H groups in total. The minimum Gasteiger partial charge on any atom is -0.272 e. The van der Waals surface area contributed by atoms with E-state index < -0.39 is 5.41 Å². The fraction of sp³-hybridized carbons (Fsp3) is 0.500. The second kappa shape index (κ2) is 8.11. The van der Waals surface area contributed by atoms with Crippen molar-refractivity contribution in [2.45, 2.75) is 63.9 Å². The number of hydrogen-bond acceptors (Lipinski definition) is 4. The largest absolute Gasteiger partial charge is 0.272 e. The Morgan fingerprint density at radius 3 is 2.68 bits per heavy atom. The van der Waals surface area contributed by atoms with Gasteiger partial charge in [0, 0.05) is 11.3 Å². The number of hydrogen-bond donors (Lipinski definition) is 1. The van der Waals surface area contributed by atoms with Crippen molar-refractivity contribution in [3.63, 3.8) is 0 Å². The van der Waals surface area contributed by atoms with Crippen molar-refractivity contribution in [1.82, 2.24) is 10.5 Å². The predicted molar refractivity (Wildman–Crippen MR) is 100 cm³/mol. The summed E-state index contributed by atoms with van der Waals surface area (Å²) in [7, 11) is 0. The molecule has 0 atom stereocenters. The molecule has 1 heterocycles. The van der Waals surface area contributed by atoms with E-state index in [4.69, 9.17) is 9.82 Å². The highest BCUT2D eigenvalue weighted by Crippen LogP contribution is 2.34. The van der Waals surface area contributed by atoms with Crippen LogP contribution in [0.1, 0.15) is 68.1 Å². The van der Waals surface area contributed by atoms with E-state index in [0.29, 0.717) is 12.5 Å². The lowest BCUT2D eigenvalue weighted by molar-refractivity contribution is -0.139. The van der Waals surface area contributed by atoms with Crippen molar-refractivity contribution in [2.75, 3.05) is 0 Å². The zero-order chi connectivity index (χ0) is 17.7. The van der Waals surface area contributed by atoms with Gasteiger partial charge in [-0.15, -0.1) is 11.3 Å². The Hall–Kier alpha value is -1.72. The molecule has 1 fully saturated rings. The zero-order valence-electron chi connectivity index (χ0n) is 15.0. The Bertz CT molecular complexity index is 691. The molecule has 1 aromatic heterocycles. The molecule has 1 aliphatic rings. The zero-order valence-corrected chi connectivity index (χ0v) is 15.8. The molecule has 1 aromatic carbocycles. The third-order valence-corrected chi connectivity index (χ3v) is 6.03. The lowest BCUT2D eigenvalue weighted by Gasteiger charge is -2.23. The normalized spacial score (nSPS) is 15.9. The first-order chi connectivity index (χ1) is 12.1.